The second kappa shape index (κ2) is 11.7. The van der Waals surface area contributed by atoms with E-state index in [0.29, 0.717) is 23.0 Å². The Morgan fingerprint density at radius 2 is 1.54 bits per heavy atom. The van der Waals surface area contributed by atoms with Gasteiger partial charge in [0.15, 0.2) is 9.84 Å². The Bertz CT molecular complexity index is 1520. The fourth-order valence-corrected chi connectivity index (χ4v) is 5.98. The van der Waals surface area contributed by atoms with E-state index in [1.165, 1.54) is 19.3 Å². The monoisotopic (exact) mass is 545 g/mol. The molecule has 6 nitrogen and oxygen atoms in total. The third-order valence-electron chi connectivity index (χ3n) is 7.24. The Morgan fingerprint density at radius 1 is 0.846 bits per heavy atom. The lowest BCUT2D eigenvalue weighted by atomic mass is 9.99. The number of nitrogens with zero attached hydrogens (tertiary/aromatic N) is 1. The van der Waals surface area contributed by atoms with Crippen LogP contribution in [0.5, 0.6) is 23.0 Å². The van der Waals surface area contributed by atoms with E-state index >= 15 is 0 Å². The summed E-state index contributed by atoms with van der Waals surface area (Å²) >= 11 is 0. The number of piperidine rings is 1. The molecule has 1 N–H and O–H groups in total. The first-order valence-corrected chi connectivity index (χ1v) is 15.1. The minimum atomic E-state index is -3.37. The van der Waals surface area contributed by atoms with Gasteiger partial charge in [0.1, 0.15) is 29.6 Å². The molecule has 0 aliphatic carbocycles. The molecule has 0 atom stereocenters. The van der Waals surface area contributed by atoms with E-state index in [9.17, 15) is 13.5 Å². The Kier molecular flexibility index (Phi) is 8.10. The summed E-state index contributed by atoms with van der Waals surface area (Å²) in [7, 11) is -3.37. The first-order valence-electron chi connectivity index (χ1n) is 13.5. The number of likely N-dealkylation sites (tertiary alicyclic amines) is 1. The van der Waals surface area contributed by atoms with Gasteiger partial charge in [0.05, 0.1) is 10.1 Å². The molecule has 1 heterocycles. The lowest BCUT2D eigenvalue weighted by molar-refractivity contribution is 0.183. The summed E-state index contributed by atoms with van der Waals surface area (Å²) in [5.41, 5.74) is 1.66. The maximum absolute atomic E-state index is 12.6. The van der Waals surface area contributed by atoms with Crippen molar-refractivity contribution < 1.29 is 23.0 Å². The number of ether oxygens (including phenoxy) is 2. The number of rotatable bonds is 9. The summed E-state index contributed by atoms with van der Waals surface area (Å²) in [6, 6.07) is 23.5. The zero-order chi connectivity index (χ0) is 27.4. The number of hydrogen-bond donors (Lipinski definition) is 1. The van der Waals surface area contributed by atoms with Crippen molar-refractivity contribution in [3.05, 3.63) is 78.9 Å². The molecule has 0 saturated carbocycles. The van der Waals surface area contributed by atoms with Crippen LogP contribution >= 0.6 is 0 Å². The molecule has 0 bridgehead atoms. The lowest BCUT2D eigenvalue weighted by Crippen LogP contribution is -2.33. The third kappa shape index (κ3) is 6.21. The molecular formula is C32H35NO5S. The summed E-state index contributed by atoms with van der Waals surface area (Å²) in [5.74, 6) is 2.25. The zero-order valence-corrected chi connectivity index (χ0v) is 23.3. The molecule has 1 aliphatic rings. The fraction of sp³-hybridized carbons (Fsp3) is 0.312. The van der Waals surface area contributed by atoms with Crippen LogP contribution in [0.2, 0.25) is 0 Å². The van der Waals surface area contributed by atoms with Gasteiger partial charge in [-0.2, -0.15) is 0 Å². The molecule has 7 heteroatoms. The van der Waals surface area contributed by atoms with Crippen LogP contribution in [0.3, 0.4) is 0 Å². The van der Waals surface area contributed by atoms with Crippen molar-refractivity contribution in [1.82, 2.24) is 4.90 Å². The summed E-state index contributed by atoms with van der Waals surface area (Å²) in [6.07, 6.45) is 3.86. The Balaban J connectivity index is 1.40. The van der Waals surface area contributed by atoms with Gasteiger partial charge in [-0.05, 0) is 111 Å². The van der Waals surface area contributed by atoms with Gasteiger partial charge in [-0.3, -0.25) is 4.90 Å². The summed E-state index contributed by atoms with van der Waals surface area (Å²) in [4.78, 5) is 2.75. The molecule has 39 heavy (non-hydrogen) atoms. The number of phenolic OH excluding ortho intramolecular Hbond substituents is 1. The summed E-state index contributed by atoms with van der Waals surface area (Å²) in [6.45, 7) is 7.24. The van der Waals surface area contributed by atoms with Gasteiger partial charge in [0.25, 0.3) is 0 Å². The summed E-state index contributed by atoms with van der Waals surface area (Å²) < 4.78 is 37.6. The van der Waals surface area contributed by atoms with Crippen molar-refractivity contribution in [1.29, 1.82) is 0 Å². The number of hydrogen-bond acceptors (Lipinski definition) is 6. The quantitative estimate of drug-likeness (QED) is 0.243. The standard InChI is InChI=1S/C32H35NO5S/c1-23(2)39(35,36)29-14-6-24(7-15-29)30-16-8-25-22-26(34)9-17-31(25)32(30)38-28-12-10-27(11-13-28)37-21-20-33-18-4-3-5-19-33/h6-17,22-23,34H,3-5,18-21H2,1-2H3. The lowest BCUT2D eigenvalue weighted by Gasteiger charge is -2.26. The number of phenols is 1. The molecule has 0 aromatic heterocycles. The Hall–Kier alpha value is -3.55. The maximum Gasteiger partial charge on any atom is 0.180 e. The molecule has 5 rings (SSSR count). The van der Waals surface area contributed by atoms with Gasteiger partial charge in [-0.25, -0.2) is 8.42 Å². The van der Waals surface area contributed by atoms with Gasteiger partial charge in [0, 0.05) is 17.5 Å². The zero-order valence-electron chi connectivity index (χ0n) is 22.5. The first-order chi connectivity index (χ1) is 18.8. The van der Waals surface area contributed by atoms with Gasteiger partial charge in [-0.1, -0.05) is 24.6 Å². The van der Waals surface area contributed by atoms with E-state index < -0.39 is 15.1 Å². The van der Waals surface area contributed by atoms with Crippen molar-refractivity contribution in [3.8, 4) is 34.1 Å². The molecule has 4 aromatic carbocycles. The molecule has 0 amide bonds. The van der Waals surface area contributed by atoms with Crippen molar-refractivity contribution in [2.75, 3.05) is 26.2 Å². The molecule has 1 aliphatic heterocycles. The number of benzene rings is 4. The highest BCUT2D eigenvalue weighted by molar-refractivity contribution is 7.92. The molecule has 0 spiro atoms. The van der Waals surface area contributed by atoms with Crippen LogP contribution in [0.25, 0.3) is 21.9 Å². The Morgan fingerprint density at radius 3 is 2.23 bits per heavy atom. The molecular weight excluding hydrogens is 510 g/mol. The van der Waals surface area contributed by atoms with Crippen LogP contribution in [0.15, 0.2) is 83.8 Å². The normalized spacial score (nSPS) is 14.5. The Labute approximate surface area is 230 Å². The molecule has 0 unspecified atom stereocenters. The predicted octanol–water partition coefficient (Wildman–Crippen LogP) is 7.05. The van der Waals surface area contributed by atoms with E-state index in [2.05, 4.69) is 4.90 Å². The molecule has 204 valence electrons. The van der Waals surface area contributed by atoms with Crippen LogP contribution in [0.1, 0.15) is 33.1 Å². The molecule has 4 aromatic rings. The maximum atomic E-state index is 12.6. The molecule has 1 fully saturated rings. The van der Waals surface area contributed by atoms with Gasteiger partial charge in [0.2, 0.25) is 0 Å². The van der Waals surface area contributed by atoms with Crippen molar-refractivity contribution in [3.63, 3.8) is 0 Å². The van der Waals surface area contributed by atoms with Gasteiger partial charge >= 0.3 is 0 Å². The van der Waals surface area contributed by atoms with E-state index in [4.69, 9.17) is 9.47 Å². The average molecular weight is 546 g/mol. The van der Waals surface area contributed by atoms with E-state index in [1.54, 1.807) is 38.1 Å². The highest BCUT2D eigenvalue weighted by Gasteiger charge is 2.20. The van der Waals surface area contributed by atoms with E-state index in [1.807, 2.05) is 54.6 Å². The van der Waals surface area contributed by atoms with Crippen molar-refractivity contribution in [2.24, 2.45) is 0 Å². The fourth-order valence-electron chi connectivity index (χ4n) is 4.92. The van der Waals surface area contributed by atoms with Crippen molar-refractivity contribution in [2.45, 2.75) is 43.3 Å². The van der Waals surface area contributed by atoms with Crippen LogP contribution in [-0.2, 0) is 9.84 Å². The topological polar surface area (TPSA) is 76.1 Å². The van der Waals surface area contributed by atoms with Crippen LogP contribution < -0.4 is 9.47 Å². The second-order valence-corrected chi connectivity index (χ2v) is 12.8. The largest absolute Gasteiger partial charge is 0.508 e. The van der Waals surface area contributed by atoms with Gasteiger partial charge in [-0.15, -0.1) is 0 Å². The second-order valence-electron chi connectivity index (χ2n) is 10.3. The number of sulfone groups is 1. The third-order valence-corrected chi connectivity index (χ3v) is 9.41. The van der Waals surface area contributed by atoms with Crippen LogP contribution in [0.4, 0.5) is 0 Å². The summed E-state index contributed by atoms with van der Waals surface area (Å²) in [5, 5.41) is 11.2. The predicted molar refractivity (Wildman–Crippen MR) is 156 cm³/mol. The first kappa shape index (κ1) is 27.0. The smallest absolute Gasteiger partial charge is 0.180 e. The van der Waals surface area contributed by atoms with E-state index in [0.717, 1.165) is 47.3 Å². The molecule has 0 radical (unpaired) electrons. The highest BCUT2D eigenvalue weighted by Crippen LogP contribution is 2.41. The van der Waals surface area contributed by atoms with Crippen molar-refractivity contribution >= 4 is 20.6 Å². The van der Waals surface area contributed by atoms with Crippen LogP contribution in [-0.4, -0.2) is 49.9 Å². The minimum Gasteiger partial charge on any atom is -0.508 e. The average Bonchev–Trinajstić information content (AvgIpc) is 2.94. The number of fused-ring (bicyclic) bond motifs is 1. The van der Waals surface area contributed by atoms with Gasteiger partial charge < -0.3 is 14.6 Å². The van der Waals surface area contributed by atoms with Crippen LogP contribution in [0, 0.1) is 0 Å². The highest BCUT2D eigenvalue weighted by atomic mass is 32.2. The number of aromatic hydroxyl groups is 1. The van der Waals surface area contributed by atoms with E-state index in [-0.39, 0.29) is 5.75 Å². The SMILES string of the molecule is CC(C)S(=O)(=O)c1ccc(-c2ccc3cc(O)ccc3c2Oc2ccc(OCCN3CCCCC3)cc2)cc1. The molecule has 1 saturated heterocycles. The minimum absolute atomic E-state index is 0.176.